The Bertz CT molecular complexity index is 2130. The maximum Gasteiger partial charge on any atom is 0.314 e. The molecule has 27 atom stereocenters. The summed E-state index contributed by atoms with van der Waals surface area (Å²) in [7, 11) is 1.27. The number of aliphatic hydroxyl groups excluding tert-OH is 9. The van der Waals surface area contributed by atoms with Crippen molar-refractivity contribution in [3.05, 3.63) is 11.6 Å². The molecule has 5 heterocycles. The van der Waals surface area contributed by atoms with Crippen molar-refractivity contribution in [2.75, 3.05) is 26.9 Å². The monoisotopic (exact) mass is 1100 g/mol. The molecule has 0 aromatic rings. The lowest BCUT2D eigenvalue weighted by Gasteiger charge is -2.63. The van der Waals surface area contributed by atoms with E-state index in [4.69, 9.17) is 52.1 Å². The van der Waals surface area contributed by atoms with E-state index in [0.717, 1.165) is 25.7 Å². The van der Waals surface area contributed by atoms with E-state index < -0.39 is 151 Å². The van der Waals surface area contributed by atoms with Crippen molar-refractivity contribution < 1.29 is 108 Å². The highest BCUT2D eigenvalue weighted by Crippen LogP contribution is 2.77. The normalized spacial score (nSPS) is 51.5. The van der Waals surface area contributed by atoms with Crippen molar-refractivity contribution >= 4 is 11.9 Å². The first-order valence-electron chi connectivity index (χ1n) is 28.0. The second kappa shape index (κ2) is 22.3. The van der Waals surface area contributed by atoms with Gasteiger partial charge in [0.25, 0.3) is 0 Å². The lowest BCUT2D eigenvalue weighted by Crippen LogP contribution is -2.66. The molecular formula is C55H88O22. The van der Waals surface area contributed by atoms with E-state index in [0.29, 0.717) is 38.0 Å². The quantitative estimate of drug-likeness (QED) is 0.0812. The van der Waals surface area contributed by atoms with Gasteiger partial charge in [0, 0.05) is 19.4 Å². The average Bonchev–Trinajstić information content (AvgIpc) is 3.93. The average molecular weight is 1100 g/mol. The van der Waals surface area contributed by atoms with Crippen molar-refractivity contribution in [2.45, 2.75) is 249 Å². The Kier molecular flexibility index (Phi) is 17.2. The third kappa shape index (κ3) is 10.1. The van der Waals surface area contributed by atoms with Crippen LogP contribution in [-0.2, 0) is 61.7 Å². The Labute approximate surface area is 450 Å². The molecule has 0 radical (unpaired) electrons. The lowest BCUT2D eigenvalue weighted by atomic mass is 9.41. The topological polar surface area (TPSA) is 318 Å². The Morgan fingerprint density at radius 3 is 2.08 bits per heavy atom. The highest BCUT2D eigenvalue weighted by molar-refractivity contribution is 5.84. The standard InChI is InChI=1S/C55H88O22/c1-24(2)12-11-17-54(9)45-31(71-26(4)57)20-53(8)28-13-14-33-51(5,6)34(16-18-52(33,7)27(28)15-19-55(45,53)50(66)77-54)73-49-44(35(60)29(58)22-69-49)76-47-38(63)37(62)41(25(3)70-47)74-48-40(65)43(36(61)32(21-56)72-48)75-46-39(64)42(67-10)30(59)23-68-46/h13,24-25,27,29-49,56,58-65H,11-12,14-23H2,1-10H3. The van der Waals surface area contributed by atoms with Crippen LogP contribution in [0.2, 0.25) is 0 Å². The number of carbonyl (C=O) groups is 2. The van der Waals surface area contributed by atoms with Crippen LogP contribution in [-0.4, -0.2) is 213 Å². The molecule has 1 spiro atoms. The van der Waals surface area contributed by atoms with Crippen LogP contribution in [0, 0.1) is 45.3 Å². The van der Waals surface area contributed by atoms with Gasteiger partial charge in [-0.3, -0.25) is 9.59 Å². The zero-order valence-corrected chi connectivity index (χ0v) is 46.3. The van der Waals surface area contributed by atoms with Gasteiger partial charge in [-0.05, 0) is 93.8 Å². The first-order valence-corrected chi connectivity index (χ1v) is 28.0. The summed E-state index contributed by atoms with van der Waals surface area (Å²) in [6.45, 7) is 16.9. The number of rotatable bonds is 15. The fraction of sp³-hybridized carbons (Fsp3) is 0.927. The fourth-order valence-electron chi connectivity index (χ4n) is 16.3. The van der Waals surface area contributed by atoms with Crippen LogP contribution < -0.4 is 0 Å². The Hall–Kier alpha value is -2.04. The summed E-state index contributed by atoms with van der Waals surface area (Å²) in [6, 6.07) is 0. The molecule has 9 aliphatic rings. The molecule has 8 fully saturated rings. The molecule has 4 aliphatic carbocycles. The van der Waals surface area contributed by atoms with Gasteiger partial charge in [-0.15, -0.1) is 0 Å². The third-order valence-electron chi connectivity index (χ3n) is 20.2. The summed E-state index contributed by atoms with van der Waals surface area (Å²) in [5.74, 6) is -0.121. The van der Waals surface area contributed by atoms with E-state index in [2.05, 4.69) is 47.6 Å². The molecule has 22 heteroatoms. The number of methoxy groups -OCH3 is 1. The van der Waals surface area contributed by atoms with Crippen LogP contribution in [0.3, 0.4) is 0 Å². The SMILES string of the molecule is COC1C(O)COC(OC2C(O)C(CO)OC(OC3C(C)OC(OC4C(OC5CCC6(C)C7CCC89C(=O)OC(C)(CCCC(C)C)C8C(OC(C)=O)CC9(C)C7=CCC6C5(C)C)OCC(O)C4O)C(O)C3O)C2O)C1O. The number of fused-ring (bicyclic) bond motifs is 4. The number of hydrogen-bond acceptors (Lipinski definition) is 22. The largest absolute Gasteiger partial charge is 0.462 e. The van der Waals surface area contributed by atoms with Crippen LogP contribution in [0.15, 0.2) is 11.6 Å². The summed E-state index contributed by atoms with van der Waals surface area (Å²) < 4.78 is 66.1. The van der Waals surface area contributed by atoms with Crippen LogP contribution in [0.1, 0.15) is 120 Å². The summed E-state index contributed by atoms with van der Waals surface area (Å²) in [5.41, 5.74) is -1.70. The van der Waals surface area contributed by atoms with E-state index in [1.165, 1.54) is 26.5 Å². The Balaban J connectivity index is 0.884. The fourth-order valence-corrected chi connectivity index (χ4v) is 16.3. The van der Waals surface area contributed by atoms with E-state index >= 15 is 0 Å². The lowest BCUT2D eigenvalue weighted by molar-refractivity contribution is -0.387. The number of hydrogen-bond donors (Lipinski definition) is 9. The molecule has 3 saturated carbocycles. The zero-order valence-electron chi connectivity index (χ0n) is 46.3. The maximum absolute atomic E-state index is 14.6. The minimum absolute atomic E-state index is 0.0852. The number of ether oxygens (including phenoxy) is 11. The number of allylic oxidation sites excluding steroid dienone is 2. The minimum atomic E-state index is -1.87. The van der Waals surface area contributed by atoms with E-state index in [-0.39, 0.29) is 48.3 Å². The predicted molar refractivity (Wildman–Crippen MR) is 265 cm³/mol. The highest BCUT2D eigenvalue weighted by atomic mass is 16.8. The molecule has 27 unspecified atom stereocenters. The molecule has 5 saturated heterocycles. The third-order valence-corrected chi connectivity index (χ3v) is 20.2. The highest BCUT2D eigenvalue weighted by Gasteiger charge is 2.79. The molecule has 0 bridgehead atoms. The molecule has 0 aromatic heterocycles. The Morgan fingerprint density at radius 2 is 1.40 bits per heavy atom. The first-order chi connectivity index (χ1) is 36.2. The predicted octanol–water partition coefficient (Wildman–Crippen LogP) is 0.873. The van der Waals surface area contributed by atoms with E-state index in [1.54, 1.807) is 0 Å². The molecule has 22 nitrogen and oxygen atoms in total. The van der Waals surface area contributed by atoms with Crippen molar-refractivity contribution in [2.24, 2.45) is 45.3 Å². The van der Waals surface area contributed by atoms with Gasteiger partial charge < -0.3 is 98.1 Å². The number of aliphatic hydroxyl groups is 9. The second-order valence-corrected chi connectivity index (χ2v) is 25.6. The van der Waals surface area contributed by atoms with Gasteiger partial charge in [0.1, 0.15) is 91.1 Å². The van der Waals surface area contributed by atoms with Gasteiger partial charge in [0.2, 0.25) is 0 Å². The van der Waals surface area contributed by atoms with Crippen molar-refractivity contribution in [1.82, 2.24) is 0 Å². The van der Waals surface area contributed by atoms with Gasteiger partial charge in [0.05, 0.1) is 43.4 Å². The van der Waals surface area contributed by atoms with Gasteiger partial charge in [0.15, 0.2) is 25.2 Å². The van der Waals surface area contributed by atoms with Crippen molar-refractivity contribution in [3.8, 4) is 0 Å². The van der Waals surface area contributed by atoms with Crippen molar-refractivity contribution in [1.29, 1.82) is 0 Å². The summed E-state index contributed by atoms with van der Waals surface area (Å²) in [6.07, 6.45) is -19.2. The number of esters is 2. The summed E-state index contributed by atoms with van der Waals surface area (Å²) >= 11 is 0. The van der Waals surface area contributed by atoms with Gasteiger partial charge in [-0.1, -0.05) is 59.6 Å². The van der Waals surface area contributed by atoms with Crippen LogP contribution in [0.25, 0.3) is 0 Å². The Morgan fingerprint density at radius 1 is 0.753 bits per heavy atom. The molecule has 440 valence electrons. The van der Waals surface area contributed by atoms with Crippen molar-refractivity contribution in [3.63, 3.8) is 0 Å². The smallest absolute Gasteiger partial charge is 0.314 e. The van der Waals surface area contributed by atoms with Crippen LogP contribution >= 0.6 is 0 Å². The van der Waals surface area contributed by atoms with E-state index in [9.17, 15) is 55.5 Å². The summed E-state index contributed by atoms with van der Waals surface area (Å²) in [4.78, 5) is 27.4. The van der Waals surface area contributed by atoms with Gasteiger partial charge >= 0.3 is 11.9 Å². The van der Waals surface area contributed by atoms with Crippen LogP contribution in [0.5, 0.6) is 0 Å². The summed E-state index contributed by atoms with van der Waals surface area (Å²) in [5, 5.41) is 99.1. The number of carbonyl (C=O) groups excluding carboxylic acids is 2. The molecule has 5 aliphatic heterocycles. The molecule has 9 rings (SSSR count). The molecular weight excluding hydrogens is 1010 g/mol. The molecule has 0 aromatic carbocycles. The minimum Gasteiger partial charge on any atom is -0.462 e. The van der Waals surface area contributed by atoms with E-state index in [1.807, 2.05) is 6.92 Å². The van der Waals surface area contributed by atoms with Crippen LogP contribution in [0.4, 0.5) is 0 Å². The zero-order chi connectivity index (χ0) is 56.1. The maximum atomic E-state index is 14.6. The van der Waals surface area contributed by atoms with Gasteiger partial charge in [-0.25, -0.2) is 0 Å². The first kappa shape index (κ1) is 59.6. The molecule has 0 amide bonds. The molecule has 9 N–H and O–H groups in total. The van der Waals surface area contributed by atoms with Gasteiger partial charge in [-0.2, -0.15) is 0 Å². The number of cyclic esters (lactones) is 1. The molecule has 77 heavy (non-hydrogen) atoms. The second-order valence-electron chi connectivity index (χ2n) is 25.6.